The molecule has 0 spiro atoms. The number of carbonyl (C=O) groups excluding carboxylic acids is 2. The highest BCUT2D eigenvalue weighted by Gasteiger charge is 2.44. The van der Waals surface area contributed by atoms with Gasteiger partial charge in [-0.05, 0) is 60.7 Å². The van der Waals surface area contributed by atoms with Crippen molar-refractivity contribution in [2.75, 3.05) is 0 Å². The van der Waals surface area contributed by atoms with Crippen LogP contribution in [0.25, 0.3) is 11.1 Å². The second-order valence-electron chi connectivity index (χ2n) is 10.9. The van der Waals surface area contributed by atoms with Crippen LogP contribution in [0.2, 0.25) is 0 Å². The Morgan fingerprint density at radius 2 is 1.30 bits per heavy atom. The first-order valence-corrected chi connectivity index (χ1v) is 15.5. The van der Waals surface area contributed by atoms with E-state index in [-0.39, 0.29) is 17.5 Å². The second kappa shape index (κ2) is 17.5. The predicted octanol–water partition coefficient (Wildman–Crippen LogP) is 10.5. The van der Waals surface area contributed by atoms with Gasteiger partial charge in [0.25, 0.3) is 0 Å². The Morgan fingerprint density at radius 1 is 0.721 bits per heavy atom. The van der Waals surface area contributed by atoms with Gasteiger partial charge in [-0.3, -0.25) is 0 Å². The van der Waals surface area contributed by atoms with Crippen molar-refractivity contribution in [3.05, 3.63) is 89.5 Å². The van der Waals surface area contributed by atoms with Crippen molar-refractivity contribution < 1.29 is 32.2 Å². The van der Waals surface area contributed by atoms with Crippen LogP contribution in [-0.4, -0.2) is 24.2 Å². The van der Waals surface area contributed by atoms with Gasteiger partial charge in [-0.1, -0.05) is 114 Å². The molecule has 0 radical (unpaired) electrons. The average molecular weight is 597 g/mol. The SMILES string of the molecule is CCCCCCCCc1ccc(-c2ccccc2)c(OC(=O)c2ccc(C(=O)OC(F)(F)C(F)CCCCCC)cc2)c1. The Balaban J connectivity index is 1.67. The van der Waals surface area contributed by atoms with E-state index in [9.17, 15) is 22.8 Å². The van der Waals surface area contributed by atoms with Crippen LogP contribution in [0.1, 0.15) is 111 Å². The van der Waals surface area contributed by atoms with Gasteiger partial charge in [0.2, 0.25) is 6.17 Å². The van der Waals surface area contributed by atoms with Crippen LogP contribution in [0.15, 0.2) is 72.8 Å². The van der Waals surface area contributed by atoms with Gasteiger partial charge in [0.1, 0.15) is 5.75 Å². The number of hydrogen-bond acceptors (Lipinski definition) is 4. The van der Waals surface area contributed by atoms with Gasteiger partial charge in [-0.2, -0.15) is 8.78 Å². The van der Waals surface area contributed by atoms with E-state index in [0.717, 1.165) is 48.8 Å². The average Bonchev–Trinajstić information content (AvgIpc) is 3.01. The minimum atomic E-state index is -4.24. The lowest BCUT2D eigenvalue weighted by molar-refractivity contribution is -0.240. The topological polar surface area (TPSA) is 52.6 Å². The van der Waals surface area contributed by atoms with E-state index < -0.39 is 30.6 Å². The Hall–Kier alpha value is -3.61. The van der Waals surface area contributed by atoms with Gasteiger partial charge < -0.3 is 9.47 Å². The molecule has 0 saturated carbocycles. The number of ether oxygens (including phenoxy) is 2. The van der Waals surface area contributed by atoms with Crippen molar-refractivity contribution in [1.82, 2.24) is 0 Å². The van der Waals surface area contributed by atoms with Gasteiger partial charge in [0, 0.05) is 5.56 Å². The molecule has 0 amide bonds. The largest absolute Gasteiger partial charge is 0.432 e. The number of hydrogen-bond donors (Lipinski definition) is 0. The molecule has 3 aromatic carbocycles. The zero-order valence-corrected chi connectivity index (χ0v) is 25.3. The molecule has 0 saturated heterocycles. The van der Waals surface area contributed by atoms with E-state index in [1.165, 1.54) is 49.9 Å². The van der Waals surface area contributed by atoms with E-state index in [0.29, 0.717) is 12.2 Å². The normalized spacial score (nSPS) is 12.1. The van der Waals surface area contributed by atoms with Crippen LogP contribution in [0, 0.1) is 0 Å². The zero-order valence-electron chi connectivity index (χ0n) is 25.3. The summed E-state index contributed by atoms with van der Waals surface area (Å²) in [6.07, 6.45) is 3.36. The van der Waals surface area contributed by atoms with E-state index in [1.807, 2.05) is 49.4 Å². The van der Waals surface area contributed by atoms with Crippen LogP contribution >= 0.6 is 0 Å². The number of esters is 2. The Kier molecular flexibility index (Phi) is 13.8. The number of rotatable bonds is 18. The maximum Gasteiger partial charge on any atom is 0.432 e. The van der Waals surface area contributed by atoms with Crippen molar-refractivity contribution >= 4 is 11.9 Å². The molecule has 232 valence electrons. The van der Waals surface area contributed by atoms with E-state index in [2.05, 4.69) is 17.7 Å². The summed E-state index contributed by atoms with van der Waals surface area (Å²) >= 11 is 0. The lowest BCUT2D eigenvalue weighted by Crippen LogP contribution is -2.35. The quantitative estimate of drug-likeness (QED) is 0.0833. The molecule has 0 aromatic heterocycles. The van der Waals surface area contributed by atoms with Crippen LogP contribution < -0.4 is 4.74 Å². The first-order valence-electron chi connectivity index (χ1n) is 15.5. The molecule has 0 bridgehead atoms. The summed E-state index contributed by atoms with van der Waals surface area (Å²) < 4.78 is 52.5. The summed E-state index contributed by atoms with van der Waals surface area (Å²) in [4.78, 5) is 25.4. The van der Waals surface area contributed by atoms with Crippen LogP contribution in [0.5, 0.6) is 5.75 Å². The molecule has 0 fully saturated rings. The van der Waals surface area contributed by atoms with Crippen molar-refractivity contribution in [3.8, 4) is 16.9 Å². The number of carbonyl (C=O) groups is 2. The molecule has 7 heteroatoms. The standard InChI is InChI=1S/C36H43F3O4/c1-3-5-7-9-10-12-16-27-20-25-31(28-17-13-11-14-18-28)32(26-27)42-34(40)29-21-23-30(24-22-29)35(41)43-36(38,39)33(37)19-15-8-6-4-2/h11,13-14,17-18,20-26,33H,3-10,12,15-16,19H2,1-2H3. The zero-order chi connectivity index (χ0) is 31.1. The predicted molar refractivity (Wildman–Crippen MR) is 164 cm³/mol. The Morgan fingerprint density at radius 3 is 1.95 bits per heavy atom. The molecule has 4 nitrogen and oxygen atoms in total. The van der Waals surface area contributed by atoms with Crippen LogP contribution in [0.3, 0.4) is 0 Å². The van der Waals surface area contributed by atoms with Gasteiger partial charge in [0.15, 0.2) is 0 Å². The Bertz CT molecular complexity index is 1280. The highest BCUT2D eigenvalue weighted by Crippen LogP contribution is 2.33. The third-order valence-corrected chi connectivity index (χ3v) is 7.41. The van der Waals surface area contributed by atoms with E-state index in [1.54, 1.807) is 0 Å². The first kappa shape index (κ1) is 33.9. The molecule has 0 heterocycles. The van der Waals surface area contributed by atoms with Gasteiger partial charge in [0.05, 0.1) is 11.1 Å². The minimum Gasteiger partial charge on any atom is -0.422 e. The fraction of sp³-hybridized carbons (Fsp3) is 0.444. The van der Waals surface area contributed by atoms with Crippen molar-refractivity contribution in [2.24, 2.45) is 0 Å². The summed E-state index contributed by atoms with van der Waals surface area (Å²) in [7, 11) is 0. The lowest BCUT2D eigenvalue weighted by atomic mass is 9.99. The maximum atomic E-state index is 14.2. The van der Waals surface area contributed by atoms with Crippen molar-refractivity contribution in [3.63, 3.8) is 0 Å². The third-order valence-electron chi connectivity index (χ3n) is 7.41. The number of benzene rings is 3. The van der Waals surface area contributed by atoms with Gasteiger partial charge in [-0.25, -0.2) is 14.0 Å². The Labute approximate surface area is 253 Å². The third kappa shape index (κ3) is 10.9. The highest BCUT2D eigenvalue weighted by atomic mass is 19.3. The summed E-state index contributed by atoms with van der Waals surface area (Å²) in [5.41, 5.74) is 2.63. The summed E-state index contributed by atoms with van der Waals surface area (Å²) in [5, 5.41) is 0. The highest BCUT2D eigenvalue weighted by molar-refractivity contribution is 5.95. The maximum absolute atomic E-state index is 14.2. The smallest absolute Gasteiger partial charge is 0.422 e. The van der Waals surface area contributed by atoms with Crippen LogP contribution in [0.4, 0.5) is 13.2 Å². The minimum absolute atomic E-state index is 0.128. The molecular formula is C36H43F3O4. The molecule has 43 heavy (non-hydrogen) atoms. The summed E-state index contributed by atoms with van der Waals surface area (Å²) in [6.45, 7) is 4.16. The van der Waals surface area contributed by atoms with Crippen molar-refractivity contribution in [2.45, 2.75) is 103 Å². The monoisotopic (exact) mass is 596 g/mol. The number of alkyl halides is 3. The summed E-state index contributed by atoms with van der Waals surface area (Å²) in [6, 6.07) is 20.5. The number of aryl methyl sites for hydroxylation is 1. The molecule has 0 aliphatic carbocycles. The van der Waals surface area contributed by atoms with Crippen LogP contribution in [-0.2, 0) is 11.2 Å². The molecule has 0 aliphatic heterocycles. The molecule has 3 rings (SSSR count). The van der Waals surface area contributed by atoms with E-state index in [4.69, 9.17) is 4.74 Å². The van der Waals surface area contributed by atoms with Gasteiger partial charge >= 0.3 is 18.0 Å². The molecule has 0 N–H and O–H groups in total. The molecule has 1 unspecified atom stereocenters. The molecule has 3 aromatic rings. The number of unbranched alkanes of at least 4 members (excludes halogenated alkanes) is 8. The summed E-state index contributed by atoms with van der Waals surface area (Å²) in [5.74, 6) is -1.61. The fourth-order valence-electron chi connectivity index (χ4n) is 4.84. The number of halogens is 3. The fourth-order valence-corrected chi connectivity index (χ4v) is 4.84. The van der Waals surface area contributed by atoms with Crippen molar-refractivity contribution in [1.29, 1.82) is 0 Å². The molecule has 0 aliphatic rings. The molecular weight excluding hydrogens is 553 g/mol. The second-order valence-corrected chi connectivity index (χ2v) is 10.9. The van der Waals surface area contributed by atoms with Gasteiger partial charge in [-0.15, -0.1) is 0 Å². The lowest BCUT2D eigenvalue weighted by Gasteiger charge is -2.20. The van der Waals surface area contributed by atoms with E-state index >= 15 is 0 Å². The first-order chi connectivity index (χ1) is 20.7. The molecule has 1 atom stereocenters.